The van der Waals surface area contributed by atoms with Crippen LogP contribution in [0, 0.1) is 17.6 Å². The lowest BCUT2D eigenvalue weighted by molar-refractivity contribution is -0.141. The predicted octanol–water partition coefficient (Wildman–Crippen LogP) is 1.17. The number of benzene rings is 1. The van der Waals surface area contributed by atoms with Crippen molar-refractivity contribution in [2.45, 2.75) is 6.42 Å². The van der Waals surface area contributed by atoms with E-state index in [1.165, 1.54) is 0 Å². The summed E-state index contributed by atoms with van der Waals surface area (Å²) in [7, 11) is 0. The maximum atomic E-state index is 13.1. The molecule has 82 valence electrons. The van der Waals surface area contributed by atoms with Crippen LogP contribution in [0.25, 0.3) is 0 Å². The van der Waals surface area contributed by atoms with Gasteiger partial charge in [0.25, 0.3) is 0 Å². The van der Waals surface area contributed by atoms with E-state index in [-0.39, 0.29) is 18.5 Å². The molecule has 0 saturated heterocycles. The Kier molecular flexibility index (Phi) is 3.74. The monoisotopic (exact) mass is 215 g/mol. The van der Waals surface area contributed by atoms with E-state index in [1.54, 1.807) is 0 Å². The molecule has 0 aromatic heterocycles. The van der Waals surface area contributed by atoms with E-state index in [4.69, 9.17) is 10.8 Å². The van der Waals surface area contributed by atoms with E-state index in [2.05, 4.69) is 0 Å². The van der Waals surface area contributed by atoms with Crippen LogP contribution in [-0.4, -0.2) is 17.6 Å². The van der Waals surface area contributed by atoms with Crippen molar-refractivity contribution in [3.63, 3.8) is 0 Å². The molecule has 15 heavy (non-hydrogen) atoms. The fraction of sp³-hybridized carbons (Fsp3) is 0.300. The summed E-state index contributed by atoms with van der Waals surface area (Å²) in [5.74, 6) is -3.20. The Morgan fingerprint density at radius 3 is 2.67 bits per heavy atom. The quantitative estimate of drug-likeness (QED) is 0.792. The predicted molar refractivity (Wildman–Crippen MR) is 50.2 cm³/mol. The largest absolute Gasteiger partial charge is 0.481 e. The summed E-state index contributed by atoms with van der Waals surface area (Å²) >= 11 is 0. The van der Waals surface area contributed by atoms with Gasteiger partial charge in [-0.05, 0) is 30.2 Å². The van der Waals surface area contributed by atoms with Crippen molar-refractivity contribution in [1.82, 2.24) is 0 Å². The first kappa shape index (κ1) is 11.6. The molecule has 1 aromatic rings. The van der Waals surface area contributed by atoms with Crippen LogP contribution in [0.2, 0.25) is 0 Å². The van der Waals surface area contributed by atoms with Gasteiger partial charge in [-0.1, -0.05) is 0 Å². The van der Waals surface area contributed by atoms with Crippen molar-refractivity contribution >= 4 is 5.97 Å². The van der Waals surface area contributed by atoms with E-state index in [9.17, 15) is 13.6 Å². The van der Waals surface area contributed by atoms with E-state index < -0.39 is 23.5 Å². The summed E-state index contributed by atoms with van der Waals surface area (Å²) in [5, 5.41) is 8.70. The highest BCUT2D eigenvalue weighted by atomic mass is 19.1. The minimum absolute atomic E-state index is 0.0350. The van der Waals surface area contributed by atoms with Crippen molar-refractivity contribution in [1.29, 1.82) is 0 Å². The van der Waals surface area contributed by atoms with Crippen molar-refractivity contribution in [2.24, 2.45) is 11.7 Å². The van der Waals surface area contributed by atoms with Crippen LogP contribution in [0.15, 0.2) is 18.2 Å². The third kappa shape index (κ3) is 2.99. The average Bonchev–Trinajstić information content (AvgIpc) is 2.18. The molecule has 0 spiro atoms. The zero-order valence-electron chi connectivity index (χ0n) is 7.91. The first-order chi connectivity index (χ1) is 7.04. The van der Waals surface area contributed by atoms with E-state index in [0.717, 1.165) is 18.2 Å². The molecule has 0 fully saturated rings. The summed E-state index contributed by atoms with van der Waals surface area (Å²) in [6.45, 7) is -0.106. The number of halogens is 2. The highest BCUT2D eigenvalue weighted by Crippen LogP contribution is 2.14. The smallest absolute Gasteiger partial charge is 0.308 e. The molecule has 1 atom stereocenters. The molecule has 0 bridgehead atoms. The molecular formula is C10H11F2NO2. The highest BCUT2D eigenvalue weighted by Gasteiger charge is 2.18. The topological polar surface area (TPSA) is 63.3 Å². The Labute approximate surface area is 85.5 Å². The van der Waals surface area contributed by atoms with E-state index in [1.807, 2.05) is 0 Å². The third-order valence-corrected chi connectivity index (χ3v) is 2.11. The van der Waals surface area contributed by atoms with Crippen molar-refractivity contribution in [3.8, 4) is 0 Å². The van der Waals surface area contributed by atoms with Crippen LogP contribution in [0.5, 0.6) is 0 Å². The van der Waals surface area contributed by atoms with Gasteiger partial charge >= 0.3 is 5.97 Å². The van der Waals surface area contributed by atoms with Gasteiger partial charge in [-0.3, -0.25) is 4.79 Å². The standard InChI is InChI=1S/C10H11F2NO2/c11-8-1-2-9(12)6(4-8)3-7(5-13)10(14)15/h1-2,4,7H,3,5,13H2,(H,14,15)/t7-/m1/s1. The lowest BCUT2D eigenvalue weighted by atomic mass is 9.99. The molecule has 0 aliphatic heterocycles. The number of nitrogens with two attached hydrogens (primary N) is 1. The van der Waals surface area contributed by atoms with Crippen LogP contribution < -0.4 is 5.73 Å². The minimum Gasteiger partial charge on any atom is -0.481 e. The molecule has 3 nitrogen and oxygen atoms in total. The molecule has 1 aromatic carbocycles. The second kappa shape index (κ2) is 4.84. The van der Waals surface area contributed by atoms with Gasteiger partial charge in [0, 0.05) is 6.54 Å². The number of carbonyl (C=O) groups is 1. The zero-order valence-corrected chi connectivity index (χ0v) is 7.91. The van der Waals surface area contributed by atoms with Gasteiger partial charge in [0.05, 0.1) is 5.92 Å². The first-order valence-electron chi connectivity index (χ1n) is 4.41. The van der Waals surface area contributed by atoms with Crippen molar-refractivity contribution in [2.75, 3.05) is 6.54 Å². The molecule has 0 aliphatic rings. The summed E-state index contributed by atoms with van der Waals surface area (Å²) in [5.41, 5.74) is 5.25. The molecule has 0 amide bonds. The molecule has 3 N–H and O–H groups in total. The number of carboxylic acid groups (broad SMARTS) is 1. The van der Waals surface area contributed by atoms with E-state index >= 15 is 0 Å². The molecule has 1 rings (SSSR count). The van der Waals surface area contributed by atoms with Gasteiger partial charge in [0.2, 0.25) is 0 Å². The zero-order chi connectivity index (χ0) is 11.4. The summed E-state index contributed by atoms with van der Waals surface area (Å²) < 4.78 is 25.9. The van der Waals surface area contributed by atoms with Gasteiger partial charge in [0.1, 0.15) is 11.6 Å². The number of aliphatic carboxylic acids is 1. The normalized spacial score (nSPS) is 12.5. The maximum Gasteiger partial charge on any atom is 0.308 e. The molecule has 0 unspecified atom stereocenters. The second-order valence-corrected chi connectivity index (χ2v) is 3.21. The molecule has 0 heterocycles. The molecule has 5 heteroatoms. The van der Waals surface area contributed by atoms with Gasteiger partial charge < -0.3 is 10.8 Å². The number of hydrogen-bond donors (Lipinski definition) is 2. The van der Waals surface area contributed by atoms with Crippen molar-refractivity contribution < 1.29 is 18.7 Å². The van der Waals surface area contributed by atoms with Crippen LogP contribution in [0.1, 0.15) is 5.56 Å². The molecule has 0 radical (unpaired) electrons. The van der Waals surface area contributed by atoms with Gasteiger partial charge in [-0.2, -0.15) is 0 Å². The second-order valence-electron chi connectivity index (χ2n) is 3.21. The first-order valence-corrected chi connectivity index (χ1v) is 4.41. The number of hydrogen-bond acceptors (Lipinski definition) is 2. The fourth-order valence-corrected chi connectivity index (χ4v) is 1.24. The van der Waals surface area contributed by atoms with Crippen LogP contribution in [0.4, 0.5) is 8.78 Å². The average molecular weight is 215 g/mol. The fourth-order valence-electron chi connectivity index (χ4n) is 1.24. The lowest BCUT2D eigenvalue weighted by Crippen LogP contribution is -2.25. The number of rotatable bonds is 4. The summed E-state index contributed by atoms with van der Waals surface area (Å²) in [6.07, 6.45) is -0.102. The Hall–Kier alpha value is -1.49. The van der Waals surface area contributed by atoms with Crippen LogP contribution in [0.3, 0.4) is 0 Å². The number of carboxylic acids is 1. The lowest BCUT2D eigenvalue weighted by Gasteiger charge is -2.10. The van der Waals surface area contributed by atoms with Gasteiger partial charge in [-0.15, -0.1) is 0 Å². The minimum atomic E-state index is -1.11. The van der Waals surface area contributed by atoms with E-state index in [0.29, 0.717) is 0 Å². The summed E-state index contributed by atoms with van der Waals surface area (Å²) in [4.78, 5) is 10.6. The molecule has 0 saturated carbocycles. The summed E-state index contributed by atoms with van der Waals surface area (Å²) in [6, 6.07) is 2.94. The van der Waals surface area contributed by atoms with Gasteiger partial charge in [-0.25, -0.2) is 8.78 Å². The molecule has 0 aliphatic carbocycles. The maximum absolute atomic E-state index is 13.1. The van der Waals surface area contributed by atoms with Crippen LogP contribution >= 0.6 is 0 Å². The Balaban J connectivity index is 2.87. The van der Waals surface area contributed by atoms with Crippen LogP contribution in [-0.2, 0) is 11.2 Å². The Morgan fingerprint density at radius 1 is 1.47 bits per heavy atom. The molecular weight excluding hydrogens is 204 g/mol. The third-order valence-electron chi connectivity index (χ3n) is 2.11. The van der Waals surface area contributed by atoms with Gasteiger partial charge in [0.15, 0.2) is 0 Å². The SMILES string of the molecule is NC[C@@H](Cc1cc(F)ccc1F)C(=O)O. The highest BCUT2D eigenvalue weighted by molar-refractivity contribution is 5.70. The Morgan fingerprint density at radius 2 is 2.13 bits per heavy atom. The Bertz CT molecular complexity index is 368. The van der Waals surface area contributed by atoms with Crippen molar-refractivity contribution in [3.05, 3.63) is 35.4 Å².